The zero-order chi connectivity index (χ0) is 20.7. The molecule has 0 aliphatic rings. The highest BCUT2D eigenvalue weighted by atomic mass is 127. The molecule has 0 saturated heterocycles. The van der Waals surface area contributed by atoms with Crippen molar-refractivity contribution >= 4 is 41.8 Å². The summed E-state index contributed by atoms with van der Waals surface area (Å²) in [6.07, 6.45) is 4.23. The molecule has 0 bridgehead atoms. The third-order valence-corrected chi connectivity index (χ3v) is 3.48. The molecule has 29 heavy (non-hydrogen) atoms. The molecule has 1 amide bonds. The molecule has 0 atom stereocenters. The third kappa shape index (κ3) is 15.8. The van der Waals surface area contributed by atoms with Crippen LogP contribution in [0, 0.1) is 0 Å². The third-order valence-electron chi connectivity index (χ3n) is 3.48. The summed E-state index contributed by atoms with van der Waals surface area (Å²) in [5.74, 6) is 1.71. The lowest BCUT2D eigenvalue weighted by Gasteiger charge is -2.19. The van der Waals surface area contributed by atoms with E-state index < -0.39 is 5.60 Å². The number of hydrogen-bond donors (Lipinski definition) is 4. The van der Waals surface area contributed by atoms with Crippen LogP contribution in [0.4, 0.5) is 10.6 Å². The Morgan fingerprint density at radius 2 is 1.79 bits per heavy atom. The summed E-state index contributed by atoms with van der Waals surface area (Å²) in [6.45, 7) is 11.3. The zero-order valence-corrected chi connectivity index (χ0v) is 20.4. The van der Waals surface area contributed by atoms with E-state index in [4.69, 9.17) is 4.74 Å². The van der Waals surface area contributed by atoms with E-state index in [0.717, 1.165) is 50.7 Å². The highest BCUT2D eigenvalue weighted by molar-refractivity contribution is 14.0. The summed E-state index contributed by atoms with van der Waals surface area (Å²) < 4.78 is 5.20. The molecule has 4 N–H and O–H groups in total. The Hall–Kier alpha value is -1.78. The Balaban J connectivity index is 0.00000784. The van der Waals surface area contributed by atoms with Gasteiger partial charge in [-0.2, -0.15) is 0 Å². The minimum absolute atomic E-state index is 0. The lowest BCUT2D eigenvalue weighted by Crippen LogP contribution is -2.38. The number of rotatable bonds is 11. The highest BCUT2D eigenvalue weighted by Crippen LogP contribution is 2.06. The van der Waals surface area contributed by atoms with Crippen molar-refractivity contribution in [2.75, 3.05) is 38.0 Å². The minimum Gasteiger partial charge on any atom is -0.444 e. The number of pyridine rings is 1. The molecule has 0 saturated carbocycles. The smallest absolute Gasteiger partial charge is 0.407 e. The van der Waals surface area contributed by atoms with E-state index in [9.17, 15) is 4.79 Å². The molecule has 9 heteroatoms. The minimum atomic E-state index is -0.475. The van der Waals surface area contributed by atoms with Crippen LogP contribution in [0.2, 0.25) is 0 Å². The van der Waals surface area contributed by atoms with Gasteiger partial charge in [0.05, 0.1) is 0 Å². The van der Waals surface area contributed by atoms with Crippen LogP contribution in [0.25, 0.3) is 0 Å². The van der Waals surface area contributed by atoms with Crippen molar-refractivity contribution < 1.29 is 9.53 Å². The van der Waals surface area contributed by atoms with Gasteiger partial charge in [0.1, 0.15) is 11.4 Å². The van der Waals surface area contributed by atoms with Crippen molar-refractivity contribution in [3.05, 3.63) is 24.4 Å². The molecule has 1 aromatic rings. The van der Waals surface area contributed by atoms with Gasteiger partial charge in [-0.15, -0.1) is 24.0 Å². The van der Waals surface area contributed by atoms with E-state index in [1.165, 1.54) is 0 Å². The molecule has 0 radical (unpaired) electrons. The second-order valence-electron chi connectivity index (χ2n) is 7.32. The predicted octanol–water partition coefficient (Wildman–Crippen LogP) is 3.36. The maximum Gasteiger partial charge on any atom is 0.407 e. The monoisotopic (exact) mass is 520 g/mol. The molecular weight excluding hydrogens is 483 g/mol. The second-order valence-corrected chi connectivity index (χ2v) is 7.32. The van der Waals surface area contributed by atoms with Crippen LogP contribution in [0.1, 0.15) is 47.0 Å². The number of anilines is 1. The van der Waals surface area contributed by atoms with E-state index in [0.29, 0.717) is 13.1 Å². The lowest BCUT2D eigenvalue weighted by molar-refractivity contribution is 0.0527. The van der Waals surface area contributed by atoms with Crippen molar-refractivity contribution in [1.29, 1.82) is 0 Å². The van der Waals surface area contributed by atoms with Crippen molar-refractivity contribution in [3.63, 3.8) is 0 Å². The van der Waals surface area contributed by atoms with Gasteiger partial charge in [0.2, 0.25) is 0 Å². The number of nitrogens with one attached hydrogen (secondary N) is 4. The topological polar surface area (TPSA) is 99.7 Å². The Labute approximate surface area is 192 Å². The molecule has 0 fully saturated rings. The van der Waals surface area contributed by atoms with Gasteiger partial charge in [0.25, 0.3) is 0 Å². The first-order valence-corrected chi connectivity index (χ1v) is 10.0. The molecule has 0 aromatic carbocycles. The number of guanidine groups is 1. The molecule has 1 heterocycles. The maximum atomic E-state index is 11.6. The Kier molecular flexibility index (Phi) is 15.1. The quantitative estimate of drug-likeness (QED) is 0.155. The molecule has 1 rings (SSSR count). The average Bonchev–Trinajstić information content (AvgIpc) is 2.63. The molecule has 0 aliphatic carbocycles. The number of amides is 1. The Morgan fingerprint density at radius 3 is 2.45 bits per heavy atom. The van der Waals surface area contributed by atoms with E-state index in [-0.39, 0.29) is 30.1 Å². The summed E-state index contributed by atoms with van der Waals surface area (Å²) in [5.41, 5.74) is -0.475. The summed E-state index contributed by atoms with van der Waals surface area (Å²) in [5, 5.41) is 12.6. The number of unbranched alkanes of at least 4 members (excludes halogenated alkanes) is 1. The fourth-order valence-electron chi connectivity index (χ4n) is 2.26. The van der Waals surface area contributed by atoms with Gasteiger partial charge in [-0.05, 0) is 59.1 Å². The van der Waals surface area contributed by atoms with Crippen LogP contribution in [-0.2, 0) is 4.74 Å². The zero-order valence-electron chi connectivity index (χ0n) is 18.1. The Morgan fingerprint density at radius 1 is 1.07 bits per heavy atom. The number of carbonyl (C=O) groups excluding carboxylic acids is 1. The number of alkyl carbamates (subject to hydrolysis) is 1. The SMILES string of the molecule is CCNC(=NCCCNC(=O)OC(C)(C)C)NCCCCNc1ccccn1.I. The van der Waals surface area contributed by atoms with Gasteiger partial charge in [0.15, 0.2) is 5.96 Å². The first-order valence-electron chi connectivity index (χ1n) is 10.0. The Bertz CT molecular complexity index is 578. The molecule has 166 valence electrons. The molecule has 0 aliphatic heterocycles. The molecule has 0 spiro atoms. The average molecular weight is 520 g/mol. The van der Waals surface area contributed by atoms with E-state index in [1.807, 2.05) is 45.9 Å². The second kappa shape index (κ2) is 16.1. The number of aromatic nitrogens is 1. The summed E-state index contributed by atoms with van der Waals surface area (Å²) in [6, 6.07) is 5.84. The van der Waals surface area contributed by atoms with Crippen molar-refractivity contribution in [1.82, 2.24) is 20.9 Å². The largest absolute Gasteiger partial charge is 0.444 e. The van der Waals surface area contributed by atoms with Crippen LogP contribution in [-0.4, -0.2) is 55.4 Å². The van der Waals surface area contributed by atoms with Crippen LogP contribution in [0.15, 0.2) is 29.4 Å². The number of nitrogens with zero attached hydrogens (tertiary/aromatic N) is 2. The predicted molar refractivity (Wildman–Crippen MR) is 130 cm³/mol. The van der Waals surface area contributed by atoms with Crippen molar-refractivity contribution in [2.24, 2.45) is 4.99 Å². The lowest BCUT2D eigenvalue weighted by atomic mass is 10.2. The summed E-state index contributed by atoms with van der Waals surface area (Å²) in [4.78, 5) is 20.3. The first kappa shape index (κ1) is 27.2. The fraction of sp³-hybridized carbons (Fsp3) is 0.650. The van der Waals surface area contributed by atoms with E-state index in [2.05, 4.69) is 31.2 Å². The van der Waals surface area contributed by atoms with Gasteiger partial charge in [-0.1, -0.05) is 6.07 Å². The van der Waals surface area contributed by atoms with Gasteiger partial charge in [-0.25, -0.2) is 9.78 Å². The van der Waals surface area contributed by atoms with E-state index in [1.54, 1.807) is 6.20 Å². The van der Waals surface area contributed by atoms with Crippen LogP contribution >= 0.6 is 24.0 Å². The number of aliphatic imine (C=N–C) groups is 1. The van der Waals surface area contributed by atoms with Crippen LogP contribution < -0.4 is 21.3 Å². The number of hydrogen-bond acceptors (Lipinski definition) is 5. The van der Waals surface area contributed by atoms with Gasteiger partial charge >= 0.3 is 6.09 Å². The van der Waals surface area contributed by atoms with Crippen molar-refractivity contribution in [3.8, 4) is 0 Å². The molecule has 0 unspecified atom stereocenters. The number of carbonyl (C=O) groups is 1. The standard InChI is InChI=1S/C20H36N6O2.HI/c1-5-21-18(25-15-10-16-26-19(27)28-20(2,3)4)24-14-9-8-13-23-17-11-6-7-12-22-17;/h6-7,11-12H,5,8-10,13-16H2,1-4H3,(H,22,23)(H,26,27)(H2,21,24,25);1H. The van der Waals surface area contributed by atoms with Crippen LogP contribution in [0.3, 0.4) is 0 Å². The number of ether oxygens (including phenoxy) is 1. The van der Waals surface area contributed by atoms with Gasteiger partial charge < -0.3 is 26.0 Å². The van der Waals surface area contributed by atoms with Gasteiger partial charge in [0, 0.05) is 38.9 Å². The van der Waals surface area contributed by atoms with E-state index >= 15 is 0 Å². The molecular formula is C20H37IN6O2. The normalized spacial score (nSPS) is 11.2. The van der Waals surface area contributed by atoms with Gasteiger partial charge in [-0.3, -0.25) is 4.99 Å². The highest BCUT2D eigenvalue weighted by Gasteiger charge is 2.15. The van der Waals surface area contributed by atoms with Crippen LogP contribution in [0.5, 0.6) is 0 Å². The maximum absolute atomic E-state index is 11.6. The van der Waals surface area contributed by atoms with Crippen molar-refractivity contribution in [2.45, 2.75) is 52.6 Å². The summed E-state index contributed by atoms with van der Waals surface area (Å²) >= 11 is 0. The fourth-order valence-corrected chi connectivity index (χ4v) is 2.26. The number of halogens is 1. The molecule has 8 nitrogen and oxygen atoms in total. The molecule has 1 aromatic heterocycles. The summed E-state index contributed by atoms with van der Waals surface area (Å²) in [7, 11) is 0. The first-order chi connectivity index (χ1) is 13.4.